The molecule has 0 aromatic heterocycles. The number of nitrogens with one attached hydrogen (secondary N) is 1. The van der Waals surface area contributed by atoms with Gasteiger partial charge in [0.2, 0.25) is 10.0 Å². The Hall–Kier alpha value is -2.78. The number of benzene rings is 2. The van der Waals surface area contributed by atoms with Gasteiger partial charge in [0, 0.05) is 18.8 Å². The van der Waals surface area contributed by atoms with E-state index in [0.29, 0.717) is 18.8 Å². The zero-order valence-electron chi connectivity index (χ0n) is 14.9. The van der Waals surface area contributed by atoms with Gasteiger partial charge in [-0.2, -0.15) is 4.31 Å². The molecule has 0 spiro atoms. The van der Waals surface area contributed by atoms with Crippen molar-refractivity contribution < 1.29 is 27.1 Å². The number of ether oxygens (including phenoxy) is 1. The van der Waals surface area contributed by atoms with Crippen molar-refractivity contribution in [2.24, 2.45) is 0 Å². The second-order valence-corrected chi connectivity index (χ2v) is 8.21. The Morgan fingerprint density at radius 3 is 2.43 bits per heavy atom. The third-order valence-electron chi connectivity index (χ3n) is 4.23. The summed E-state index contributed by atoms with van der Waals surface area (Å²) >= 11 is 0. The minimum absolute atomic E-state index is 0.0135. The molecule has 1 N–H and O–H groups in total. The summed E-state index contributed by atoms with van der Waals surface area (Å²) in [7, 11) is -3.65. The van der Waals surface area contributed by atoms with Crippen LogP contribution in [0.15, 0.2) is 53.4 Å². The molecule has 28 heavy (non-hydrogen) atoms. The highest BCUT2D eigenvalue weighted by Crippen LogP contribution is 2.21. The molecule has 1 aliphatic heterocycles. The molecule has 0 aliphatic carbocycles. The number of sulfonamides is 1. The lowest BCUT2D eigenvalue weighted by molar-refractivity contribution is -0.119. The quantitative estimate of drug-likeness (QED) is 0.744. The van der Waals surface area contributed by atoms with Gasteiger partial charge in [-0.15, -0.1) is 0 Å². The van der Waals surface area contributed by atoms with E-state index in [-0.39, 0.29) is 10.5 Å². The molecule has 0 saturated carbocycles. The third-order valence-corrected chi connectivity index (χ3v) is 6.13. The van der Waals surface area contributed by atoms with Crippen LogP contribution < -0.4 is 5.32 Å². The minimum atomic E-state index is -3.65. The highest BCUT2D eigenvalue weighted by Gasteiger charge is 2.27. The minimum Gasteiger partial charge on any atom is -0.452 e. The Bertz CT molecular complexity index is 970. The molecule has 0 radical (unpaired) electrons. The van der Waals surface area contributed by atoms with E-state index >= 15 is 0 Å². The fourth-order valence-corrected chi connectivity index (χ4v) is 4.37. The number of amides is 1. The summed E-state index contributed by atoms with van der Waals surface area (Å²) in [5.41, 5.74) is 0.399. The van der Waals surface area contributed by atoms with E-state index in [1.807, 2.05) is 0 Å². The van der Waals surface area contributed by atoms with Gasteiger partial charge < -0.3 is 10.1 Å². The smallest absolute Gasteiger partial charge is 0.338 e. The summed E-state index contributed by atoms with van der Waals surface area (Å²) in [5.74, 6) is -1.85. The maximum absolute atomic E-state index is 12.9. The molecule has 2 aromatic rings. The van der Waals surface area contributed by atoms with Gasteiger partial charge in [-0.25, -0.2) is 17.6 Å². The largest absolute Gasteiger partial charge is 0.452 e. The summed E-state index contributed by atoms with van der Waals surface area (Å²) < 4.78 is 44.4. The van der Waals surface area contributed by atoms with Gasteiger partial charge in [0.15, 0.2) is 6.61 Å². The van der Waals surface area contributed by atoms with E-state index in [9.17, 15) is 22.4 Å². The van der Waals surface area contributed by atoms with Crippen molar-refractivity contribution in [3.8, 4) is 0 Å². The molecule has 9 heteroatoms. The number of hydrogen-bond donors (Lipinski definition) is 1. The predicted molar refractivity (Wildman–Crippen MR) is 99.7 cm³/mol. The van der Waals surface area contributed by atoms with Crippen LogP contribution in [0.1, 0.15) is 23.2 Å². The van der Waals surface area contributed by atoms with Gasteiger partial charge in [-0.1, -0.05) is 6.07 Å². The van der Waals surface area contributed by atoms with Gasteiger partial charge in [-0.3, -0.25) is 4.79 Å². The van der Waals surface area contributed by atoms with Gasteiger partial charge in [0.05, 0.1) is 10.5 Å². The van der Waals surface area contributed by atoms with Crippen LogP contribution in [0.2, 0.25) is 0 Å². The Balaban J connectivity index is 1.61. The number of esters is 1. The topological polar surface area (TPSA) is 92.8 Å². The first-order chi connectivity index (χ1) is 13.4. The number of carbonyl (C=O) groups is 2. The Kier molecular flexibility index (Phi) is 6.05. The van der Waals surface area contributed by atoms with Gasteiger partial charge in [0.1, 0.15) is 5.82 Å². The second-order valence-electron chi connectivity index (χ2n) is 6.27. The molecule has 1 amide bonds. The number of carbonyl (C=O) groups excluding carboxylic acids is 2. The molecule has 3 rings (SSSR count). The van der Waals surface area contributed by atoms with Crippen molar-refractivity contribution in [3.05, 3.63) is 59.9 Å². The third kappa shape index (κ3) is 4.73. The Labute approximate surface area is 162 Å². The Morgan fingerprint density at radius 2 is 1.75 bits per heavy atom. The summed E-state index contributed by atoms with van der Waals surface area (Å²) in [5, 5.41) is 2.46. The fourth-order valence-electron chi connectivity index (χ4n) is 2.81. The van der Waals surface area contributed by atoms with E-state index in [4.69, 9.17) is 4.74 Å². The first-order valence-electron chi connectivity index (χ1n) is 8.69. The van der Waals surface area contributed by atoms with Crippen molar-refractivity contribution in [3.63, 3.8) is 0 Å². The number of anilines is 1. The number of rotatable bonds is 6. The summed E-state index contributed by atoms with van der Waals surface area (Å²) in [4.78, 5) is 24.0. The van der Waals surface area contributed by atoms with Crippen LogP contribution in [0, 0.1) is 5.82 Å². The van der Waals surface area contributed by atoms with E-state index in [1.54, 1.807) is 0 Å². The highest BCUT2D eigenvalue weighted by atomic mass is 32.2. The molecule has 2 aromatic carbocycles. The van der Waals surface area contributed by atoms with E-state index in [1.165, 1.54) is 52.8 Å². The fraction of sp³-hybridized carbons (Fsp3) is 0.263. The van der Waals surface area contributed by atoms with Crippen LogP contribution in [0.4, 0.5) is 10.1 Å². The molecular weight excluding hydrogens is 387 g/mol. The van der Waals surface area contributed by atoms with Crippen LogP contribution in [-0.2, 0) is 19.6 Å². The molecule has 0 atom stereocenters. The second kappa shape index (κ2) is 8.49. The molecule has 0 unspecified atom stereocenters. The molecule has 1 aliphatic rings. The van der Waals surface area contributed by atoms with Crippen LogP contribution in [0.3, 0.4) is 0 Å². The first-order valence-corrected chi connectivity index (χ1v) is 10.1. The van der Waals surface area contributed by atoms with Crippen molar-refractivity contribution in [1.82, 2.24) is 4.31 Å². The van der Waals surface area contributed by atoms with Gasteiger partial charge >= 0.3 is 5.97 Å². The van der Waals surface area contributed by atoms with Crippen molar-refractivity contribution >= 4 is 27.6 Å². The standard InChI is InChI=1S/C19H19FN2O5S/c20-15-6-8-16(9-7-15)21-18(23)13-27-19(24)14-4-3-5-17(12-14)28(25,26)22-10-1-2-11-22/h3-9,12H,1-2,10-11,13H2,(H,21,23). The van der Waals surface area contributed by atoms with Crippen LogP contribution in [0.5, 0.6) is 0 Å². The number of nitrogens with zero attached hydrogens (tertiary/aromatic N) is 1. The van der Waals surface area contributed by atoms with Crippen molar-refractivity contribution in [2.75, 3.05) is 25.0 Å². The molecule has 1 saturated heterocycles. The average Bonchev–Trinajstić information content (AvgIpc) is 3.24. The maximum atomic E-state index is 12.9. The number of halogens is 1. The number of hydrogen-bond acceptors (Lipinski definition) is 5. The lowest BCUT2D eigenvalue weighted by atomic mass is 10.2. The molecule has 7 nitrogen and oxygen atoms in total. The Morgan fingerprint density at radius 1 is 1.07 bits per heavy atom. The lowest BCUT2D eigenvalue weighted by Crippen LogP contribution is -2.28. The van der Waals surface area contributed by atoms with Crippen LogP contribution >= 0.6 is 0 Å². The first kappa shape index (κ1) is 20.0. The molecular formula is C19H19FN2O5S. The van der Waals surface area contributed by atoms with Gasteiger partial charge in [-0.05, 0) is 55.3 Å². The van der Waals surface area contributed by atoms with Gasteiger partial charge in [0.25, 0.3) is 5.91 Å². The molecule has 1 fully saturated rings. The normalized spacial score (nSPS) is 14.6. The predicted octanol–water partition coefficient (Wildman–Crippen LogP) is 2.41. The zero-order valence-corrected chi connectivity index (χ0v) is 15.7. The van der Waals surface area contributed by atoms with E-state index in [0.717, 1.165) is 12.8 Å². The van der Waals surface area contributed by atoms with Crippen molar-refractivity contribution in [1.29, 1.82) is 0 Å². The average molecular weight is 406 g/mol. The molecule has 1 heterocycles. The monoisotopic (exact) mass is 406 g/mol. The highest BCUT2D eigenvalue weighted by molar-refractivity contribution is 7.89. The van der Waals surface area contributed by atoms with Crippen LogP contribution in [0.25, 0.3) is 0 Å². The zero-order chi connectivity index (χ0) is 20.1. The van der Waals surface area contributed by atoms with E-state index in [2.05, 4.69) is 5.32 Å². The molecule has 148 valence electrons. The van der Waals surface area contributed by atoms with Crippen LogP contribution in [-0.4, -0.2) is 44.3 Å². The van der Waals surface area contributed by atoms with Crippen molar-refractivity contribution in [2.45, 2.75) is 17.7 Å². The van der Waals surface area contributed by atoms with E-state index < -0.39 is 34.3 Å². The SMILES string of the molecule is O=C(COC(=O)c1cccc(S(=O)(=O)N2CCCC2)c1)Nc1ccc(F)cc1. The summed E-state index contributed by atoms with van der Waals surface area (Å²) in [6, 6.07) is 10.7. The summed E-state index contributed by atoms with van der Waals surface area (Å²) in [6.07, 6.45) is 1.62. The summed E-state index contributed by atoms with van der Waals surface area (Å²) in [6.45, 7) is 0.362. The molecule has 0 bridgehead atoms. The lowest BCUT2D eigenvalue weighted by Gasteiger charge is -2.15. The maximum Gasteiger partial charge on any atom is 0.338 e.